The number of nitrogens with one attached hydrogen (secondary N) is 1. The zero-order valence-electron chi connectivity index (χ0n) is 20.7. The van der Waals surface area contributed by atoms with Gasteiger partial charge in [-0.25, -0.2) is 0 Å². The number of ether oxygens (including phenoxy) is 3. The Morgan fingerprint density at radius 3 is 2.39 bits per heavy atom. The molecule has 1 amide bonds. The van der Waals surface area contributed by atoms with Crippen LogP contribution in [0.2, 0.25) is 0 Å². The van der Waals surface area contributed by atoms with Gasteiger partial charge in [0.15, 0.2) is 11.5 Å². The summed E-state index contributed by atoms with van der Waals surface area (Å²) in [7, 11) is 4.28. The van der Waals surface area contributed by atoms with Crippen molar-refractivity contribution >= 4 is 17.3 Å². The fraction of sp³-hybridized carbons (Fsp3) is 0.286. The summed E-state index contributed by atoms with van der Waals surface area (Å²) < 4.78 is 16.7. The minimum absolute atomic E-state index is 0.231. The number of nitrogens with zero attached hydrogens (tertiary/aromatic N) is 2. The van der Waals surface area contributed by atoms with E-state index < -0.39 is 0 Å². The Hall–Kier alpha value is -4.06. The van der Waals surface area contributed by atoms with E-state index in [1.165, 1.54) is 7.11 Å². The summed E-state index contributed by atoms with van der Waals surface area (Å²) >= 11 is 0. The van der Waals surface area contributed by atoms with Crippen molar-refractivity contribution in [1.29, 1.82) is 5.26 Å². The number of hydrogen-bond acceptors (Lipinski definition) is 7. The number of amides is 1. The number of hydrogen-bond donors (Lipinski definition) is 2. The molecule has 0 spiro atoms. The first kappa shape index (κ1) is 26.5. The van der Waals surface area contributed by atoms with E-state index >= 15 is 0 Å². The van der Waals surface area contributed by atoms with Crippen LogP contribution < -0.4 is 19.7 Å². The lowest BCUT2D eigenvalue weighted by Crippen LogP contribution is -2.22. The molecule has 3 aromatic carbocycles. The minimum atomic E-state index is -0.231. The van der Waals surface area contributed by atoms with Crippen LogP contribution in [-0.2, 0) is 11.3 Å². The van der Waals surface area contributed by atoms with Crippen molar-refractivity contribution < 1.29 is 24.1 Å². The number of aliphatic hydroxyl groups excluding tert-OH is 1. The third-order valence-electron chi connectivity index (χ3n) is 5.87. The van der Waals surface area contributed by atoms with E-state index in [0.29, 0.717) is 29.2 Å². The highest BCUT2D eigenvalue weighted by Gasteiger charge is 2.22. The molecule has 3 aromatic rings. The number of carbonyl (C=O) groups excluding carboxylic acids is 1. The van der Waals surface area contributed by atoms with E-state index in [4.69, 9.17) is 24.6 Å². The third-order valence-corrected chi connectivity index (χ3v) is 5.87. The molecule has 1 atom stereocenters. The molecule has 1 unspecified atom stereocenters. The monoisotopic (exact) mass is 489 g/mol. The lowest BCUT2D eigenvalue weighted by atomic mass is 10.1. The summed E-state index contributed by atoms with van der Waals surface area (Å²) in [6.45, 7) is 2.16. The lowest BCUT2D eigenvalue weighted by Gasteiger charge is -2.18. The largest absolute Gasteiger partial charge is 0.493 e. The molecule has 0 aliphatic carbocycles. The number of anilines is 2. The van der Waals surface area contributed by atoms with Gasteiger partial charge in [-0.1, -0.05) is 12.1 Å². The van der Waals surface area contributed by atoms with Crippen molar-refractivity contribution in [1.82, 2.24) is 0 Å². The highest BCUT2D eigenvalue weighted by atomic mass is 16.5. The molecule has 2 N–H and O–H groups in total. The number of benzene rings is 3. The summed E-state index contributed by atoms with van der Waals surface area (Å²) in [5, 5.41) is 18.8. The van der Waals surface area contributed by atoms with Crippen LogP contribution in [-0.4, -0.2) is 51.5 Å². The molecule has 0 aromatic heterocycles. The molecule has 0 radical (unpaired) electrons. The van der Waals surface area contributed by atoms with Gasteiger partial charge in [0.2, 0.25) is 0 Å². The van der Waals surface area contributed by atoms with Crippen LogP contribution in [0.5, 0.6) is 11.5 Å². The van der Waals surface area contributed by atoms with Gasteiger partial charge in [0.25, 0.3) is 5.91 Å². The number of carbonyl (C=O) groups is 1. The number of methoxy groups -OCH3 is 2. The van der Waals surface area contributed by atoms with E-state index in [9.17, 15) is 4.79 Å². The zero-order valence-corrected chi connectivity index (χ0v) is 20.7. The van der Waals surface area contributed by atoms with Gasteiger partial charge in [0.1, 0.15) is 6.61 Å². The summed E-state index contributed by atoms with van der Waals surface area (Å²) in [5.74, 6) is 0.774. The second kappa shape index (κ2) is 13.1. The molecular formula is C28H31N3O5. The smallest absolute Gasteiger partial charge is 0.255 e. The van der Waals surface area contributed by atoms with E-state index in [0.717, 1.165) is 43.6 Å². The molecule has 4 rings (SSSR count). The molecule has 1 aliphatic heterocycles. The van der Waals surface area contributed by atoms with Gasteiger partial charge in [-0.2, -0.15) is 5.26 Å². The maximum absolute atomic E-state index is 12.8. The molecule has 8 heteroatoms. The fourth-order valence-corrected chi connectivity index (χ4v) is 3.88. The second-order valence-electron chi connectivity index (χ2n) is 8.06. The molecule has 1 fully saturated rings. The van der Waals surface area contributed by atoms with Gasteiger partial charge in [0, 0.05) is 44.2 Å². The first-order valence-corrected chi connectivity index (χ1v) is 11.5. The Bertz CT molecular complexity index is 1170. The molecule has 8 nitrogen and oxygen atoms in total. The van der Waals surface area contributed by atoms with Crippen molar-refractivity contribution in [3.8, 4) is 17.6 Å². The number of aliphatic hydroxyl groups is 1. The minimum Gasteiger partial charge on any atom is -0.493 e. The first-order valence-electron chi connectivity index (χ1n) is 11.5. The highest BCUT2D eigenvalue weighted by molar-refractivity contribution is 6.04. The Morgan fingerprint density at radius 1 is 1.06 bits per heavy atom. The van der Waals surface area contributed by atoms with Gasteiger partial charge in [-0.3, -0.25) is 4.79 Å². The highest BCUT2D eigenvalue weighted by Crippen LogP contribution is 2.29. The Morgan fingerprint density at radius 2 is 1.78 bits per heavy atom. The maximum atomic E-state index is 12.8. The molecule has 0 bridgehead atoms. The number of nitriles is 1. The molecular weight excluding hydrogens is 458 g/mol. The quantitative estimate of drug-likeness (QED) is 0.488. The fourth-order valence-electron chi connectivity index (χ4n) is 3.88. The molecule has 36 heavy (non-hydrogen) atoms. The van der Waals surface area contributed by atoms with Crippen LogP contribution >= 0.6 is 0 Å². The van der Waals surface area contributed by atoms with Crippen molar-refractivity contribution in [3.63, 3.8) is 0 Å². The number of rotatable bonds is 8. The van der Waals surface area contributed by atoms with Crippen molar-refractivity contribution in [2.24, 2.45) is 0 Å². The maximum Gasteiger partial charge on any atom is 0.255 e. The van der Waals surface area contributed by atoms with Crippen LogP contribution in [0.1, 0.15) is 27.9 Å². The van der Waals surface area contributed by atoms with Gasteiger partial charge in [-0.15, -0.1) is 0 Å². The Labute approximate surface area is 211 Å². The van der Waals surface area contributed by atoms with Gasteiger partial charge in [0.05, 0.1) is 24.8 Å². The van der Waals surface area contributed by atoms with Gasteiger partial charge < -0.3 is 29.5 Å². The summed E-state index contributed by atoms with van der Waals surface area (Å²) in [4.78, 5) is 15.1. The average molecular weight is 490 g/mol. The molecule has 1 saturated heterocycles. The Kier molecular flexibility index (Phi) is 9.69. The third kappa shape index (κ3) is 6.75. The van der Waals surface area contributed by atoms with Crippen LogP contribution in [0.3, 0.4) is 0 Å². The van der Waals surface area contributed by atoms with Crippen LogP contribution in [0.4, 0.5) is 11.4 Å². The molecule has 1 heterocycles. The topological polar surface area (TPSA) is 104 Å². The molecule has 0 saturated carbocycles. The average Bonchev–Trinajstić information content (AvgIpc) is 3.43. The summed E-state index contributed by atoms with van der Waals surface area (Å²) in [6, 6.07) is 22.2. The van der Waals surface area contributed by atoms with Gasteiger partial charge >= 0.3 is 0 Å². The Balaban J connectivity index is 0.00000176. The SMILES string of the molecule is CO.COc1cc(C(=O)Nc2ccc(N3CCC(OC)C3)cc2)ccc1OCc1ccc(C#N)cc1. The van der Waals surface area contributed by atoms with Crippen molar-refractivity contribution in [3.05, 3.63) is 83.4 Å². The predicted octanol–water partition coefficient (Wildman–Crippen LogP) is 4.23. The molecule has 188 valence electrons. The summed E-state index contributed by atoms with van der Waals surface area (Å²) in [5.41, 5.74) is 3.83. The van der Waals surface area contributed by atoms with Crippen LogP contribution in [0, 0.1) is 11.3 Å². The van der Waals surface area contributed by atoms with Crippen LogP contribution in [0.25, 0.3) is 0 Å². The second-order valence-corrected chi connectivity index (χ2v) is 8.06. The summed E-state index contributed by atoms with van der Waals surface area (Å²) in [6.07, 6.45) is 1.29. The van der Waals surface area contributed by atoms with Crippen molar-refractivity contribution in [2.45, 2.75) is 19.1 Å². The van der Waals surface area contributed by atoms with E-state index in [-0.39, 0.29) is 12.0 Å². The van der Waals surface area contributed by atoms with E-state index in [2.05, 4.69) is 16.3 Å². The predicted molar refractivity (Wildman–Crippen MR) is 139 cm³/mol. The van der Waals surface area contributed by atoms with E-state index in [1.807, 2.05) is 36.4 Å². The van der Waals surface area contributed by atoms with Crippen LogP contribution in [0.15, 0.2) is 66.7 Å². The van der Waals surface area contributed by atoms with Gasteiger partial charge in [-0.05, 0) is 66.6 Å². The standard InChI is InChI=1S/C27H27N3O4.CH4O/c1-32-24-13-14-30(17-24)23-10-8-22(9-11-23)29-27(31)21-7-12-25(26(15-21)33-2)34-18-20-5-3-19(16-28)4-6-20;1-2/h3-12,15,24H,13-14,17-18H2,1-2H3,(H,29,31);2H,1H3. The lowest BCUT2D eigenvalue weighted by molar-refractivity contribution is 0.102. The normalized spacial score (nSPS) is 14.3. The molecule has 1 aliphatic rings. The van der Waals surface area contributed by atoms with E-state index in [1.54, 1.807) is 37.4 Å². The first-order chi connectivity index (χ1) is 17.6. The van der Waals surface area contributed by atoms with Crippen molar-refractivity contribution in [2.75, 3.05) is 44.6 Å². The zero-order chi connectivity index (χ0) is 25.9.